The molecule has 0 aliphatic heterocycles. The molecule has 108 valence electrons. The molecule has 1 amide bonds. The summed E-state index contributed by atoms with van der Waals surface area (Å²) < 4.78 is 0. The van der Waals surface area contributed by atoms with Gasteiger partial charge < -0.3 is 10.0 Å². The molecule has 0 aromatic heterocycles. The first-order valence-corrected chi connectivity index (χ1v) is 6.78. The predicted octanol–water partition coefficient (Wildman–Crippen LogP) is 3.06. The van der Waals surface area contributed by atoms with Crippen LogP contribution >= 0.6 is 11.6 Å². The van der Waals surface area contributed by atoms with E-state index < -0.39 is 5.97 Å². The molecule has 0 radical (unpaired) electrons. The van der Waals surface area contributed by atoms with Gasteiger partial charge in [0.1, 0.15) is 0 Å². The lowest BCUT2D eigenvalue weighted by molar-refractivity contribution is -0.139. The van der Waals surface area contributed by atoms with Gasteiger partial charge in [0.05, 0.1) is 6.42 Å². The van der Waals surface area contributed by atoms with Gasteiger partial charge in [0.2, 0.25) is 5.91 Å². The van der Waals surface area contributed by atoms with Gasteiger partial charge in [-0.1, -0.05) is 29.8 Å². The first-order valence-electron chi connectivity index (χ1n) is 6.40. The maximum atomic E-state index is 12.1. The number of nitrogens with zero attached hydrogens (tertiary/aromatic N) is 1. The number of benzene rings is 1. The van der Waals surface area contributed by atoms with Crippen LogP contribution < -0.4 is 0 Å². The lowest BCUT2D eigenvalue weighted by Gasteiger charge is -2.25. The number of hydrogen-bond acceptors (Lipinski definition) is 2. The molecule has 4 nitrogen and oxygen atoms in total. The smallest absolute Gasteiger partial charge is 0.305 e. The minimum absolute atomic E-state index is 0.0699. The Hall–Kier alpha value is -1.81. The summed E-state index contributed by atoms with van der Waals surface area (Å²) in [6.45, 7) is 4.00. The molecular formula is C15H18ClNO3. The average molecular weight is 296 g/mol. The van der Waals surface area contributed by atoms with E-state index in [0.717, 1.165) is 5.56 Å². The summed E-state index contributed by atoms with van der Waals surface area (Å²) in [6.07, 6.45) is 2.99. The number of amides is 1. The molecule has 0 saturated heterocycles. The highest BCUT2D eigenvalue weighted by Crippen LogP contribution is 2.16. The van der Waals surface area contributed by atoms with Gasteiger partial charge in [0.25, 0.3) is 0 Å². The molecule has 0 aliphatic carbocycles. The zero-order valence-electron chi connectivity index (χ0n) is 11.5. The van der Waals surface area contributed by atoms with Crippen molar-refractivity contribution in [3.8, 4) is 0 Å². The number of likely N-dealkylation sites (N-methyl/N-ethyl adjacent to an activating group) is 1. The van der Waals surface area contributed by atoms with E-state index in [4.69, 9.17) is 16.7 Å². The third-order valence-corrected chi connectivity index (χ3v) is 3.28. The Kier molecular flexibility index (Phi) is 6.25. The lowest BCUT2D eigenvalue weighted by Crippen LogP contribution is -2.38. The van der Waals surface area contributed by atoms with Crippen LogP contribution in [-0.2, 0) is 9.59 Å². The van der Waals surface area contributed by atoms with Gasteiger partial charge in [-0.05, 0) is 31.6 Å². The van der Waals surface area contributed by atoms with E-state index in [1.165, 1.54) is 11.0 Å². The number of carbonyl (C=O) groups is 2. The van der Waals surface area contributed by atoms with Crippen LogP contribution in [0, 0.1) is 0 Å². The van der Waals surface area contributed by atoms with E-state index in [2.05, 4.69) is 0 Å². The van der Waals surface area contributed by atoms with Crippen LogP contribution in [0.1, 0.15) is 25.8 Å². The SMILES string of the molecule is CCN(C(=O)C=Cc1ccccc1Cl)C(C)CC(=O)O. The van der Waals surface area contributed by atoms with Crippen molar-refractivity contribution in [3.05, 3.63) is 40.9 Å². The van der Waals surface area contributed by atoms with Gasteiger partial charge in [0, 0.05) is 23.7 Å². The Morgan fingerprint density at radius 1 is 1.40 bits per heavy atom. The van der Waals surface area contributed by atoms with Gasteiger partial charge in [0.15, 0.2) is 0 Å². The van der Waals surface area contributed by atoms with Crippen LogP contribution in [0.3, 0.4) is 0 Å². The predicted molar refractivity (Wildman–Crippen MR) is 79.6 cm³/mol. The van der Waals surface area contributed by atoms with Gasteiger partial charge >= 0.3 is 5.97 Å². The van der Waals surface area contributed by atoms with E-state index in [1.807, 2.05) is 25.1 Å². The largest absolute Gasteiger partial charge is 0.481 e. The first kappa shape index (κ1) is 16.2. The van der Waals surface area contributed by atoms with Crippen molar-refractivity contribution in [2.45, 2.75) is 26.3 Å². The highest BCUT2D eigenvalue weighted by atomic mass is 35.5. The monoisotopic (exact) mass is 295 g/mol. The van der Waals surface area contributed by atoms with Crippen molar-refractivity contribution >= 4 is 29.6 Å². The van der Waals surface area contributed by atoms with Gasteiger partial charge in [-0.2, -0.15) is 0 Å². The number of carbonyl (C=O) groups excluding carboxylic acids is 1. The van der Waals surface area contributed by atoms with E-state index in [9.17, 15) is 9.59 Å². The second-order valence-corrected chi connectivity index (χ2v) is 4.83. The Bertz CT molecular complexity index is 514. The Balaban J connectivity index is 2.77. The highest BCUT2D eigenvalue weighted by Gasteiger charge is 2.18. The first-order chi connectivity index (χ1) is 9.45. The number of carboxylic acids is 1. The summed E-state index contributed by atoms with van der Waals surface area (Å²) in [5, 5.41) is 9.35. The molecule has 0 saturated carbocycles. The van der Waals surface area contributed by atoms with Crippen LogP contribution in [0.5, 0.6) is 0 Å². The molecule has 1 atom stereocenters. The third-order valence-electron chi connectivity index (χ3n) is 2.94. The maximum Gasteiger partial charge on any atom is 0.305 e. The Morgan fingerprint density at radius 2 is 2.05 bits per heavy atom. The fourth-order valence-electron chi connectivity index (χ4n) is 1.91. The fraction of sp³-hybridized carbons (Fsp3) is 0.333. The molecule has 1 rings (SSSR count). The number of aliphatic carboxylic acids is 1. The molecular weight excluding hydrogens is 278 g/mol. The molecule has 1 N–H and O–H groups in total. The molecule has 0 spiro atoms. The molecule has 0 bridgehead atoms. The van der Waals surface area contributed by atoms with Gasteiger partial charge in [-0.3, -0.25) is 9.59 Å². The van der Waals surface area contributed by atoms with E-state index >= 15 is 0 Å². The van der Waals surface area contributed by atoms with Crippen LogP contribution in [-0.4, -0.2) is 34.5 Å². The van der Waals surface area contributed by atoms with Crippen molar-refractivity contribution in [3.63, 3.8) is 0 Å². The van der Waals surface area contributed by atoms with Crippen molar-refractivity contribution in [1.82, 2.24) is 4.90 Å². The summed E-state index contributed by atoms with van der Waals surface area (Å²) >= 11 is 6.00. The van der Waals surface area contributed by atoms with Crippen LogP contribution in [0.25, 0.3) is 6.08 Å². The summed E-state index contributed by atoms with van der Waals surface area (Å²) in [5.41, 5.74) is 0.754. The van der Waals surface area contributed by atoms with Gasteiger partial charge in [-0.15, -0.1) is 0 Å². The quantitative estimate of drug-likeness (QED) is 0.821. The Morgan fingerprint density at radius 3 is 2.60 bits per heavy atom. The third kappa shape index (κ3) is 4.70. The normalized spacial score (nSPS) is 12.3. The minimum Gasteiger partial charge on any atom is -0.481 e. The number of hydrogen-bond donors (Lipinski definition) is 1. The second kappa shape index (κ2) is 7.70. The molecule has 0 heterocycles. The zero-order chi connectivity index (χ0) is 15.1. The van der Waals surface area contributed by atoms with Crippen molar-refractivity contribution in [2.24, 2.45) is 0 Å². The molecule has 1 aromatic carbocycles. The summed E-state index contributed by atoms with van der Waals surface area (Å²) in [7, 11) is 0. The minimum atomic E-state index is -0.918. The van der Waals surface area contributed by atoms with Crippen molar-refractivity contribution in [2.75, 3.05) is 6.54 Å². The molecule has 0 aliphatic rings. The Labute approximate surface area is 123 Å². The van der Waals surface area contributed by atoms with Crippen molar-refractivity contribution in [1.29, 1.82) is 0 Å². The molecule has 1 aromatic rings. The van der Waals surface area contributed by atoms with E-state index in [-0.39, 0.29) is 18.4 Å². The van der Waals surface area contributed by atoms with E-state index in [1.54, 1.807) is 19.1 Å². The molecule has 20 heavy (non-hydrogen) atoms. The van der Waals surface area contributed by atoms with Crippen molar-refractivity contribution < 1.29 is 14.7 Å². The molecule has 0 fully saturated rings. The van der Waals surface area contributed by atoms with Crippen LogP contribution in [0.4, 0.5) is 0 Å². The summed E-state index contributed by atoms with van der Waals surface area (Å²) in [4.78, 5) is 24.3. The standard InChI is InChI=1S/C15H18ClNO3/c1-3-17(11(2)10-15(19)20)14(18)9-8-12-6-4-5-7-13(12)16/h4-9,11H,3,10H2,1-2H3,(H,19,20). The molecule has 1 unspecified atom stereocenters. The number of carboxylic acid groups (broad SMARTS) is 1. The maximum absolute atomic E-state index is 12.1. The van der Waals surface area contributed by atoms with E-state index in [0.29, 0.717) is 11.6 Å². The molecule has 5 heteroatoms. The van der Waals surface area contributed by atoms with Gasteiger partial charge in [-0.25, -0.2) is 0 Å². The summed E-state index contributed by atoms with van der Waals surface area (Å²) in [5.74, 6) is -1.14. The average Bonchev–Trinajstić information content (AvgIpc) is 2.37. The zero-order valence-corrected chi connectivity index (χ0v) is 12.3. The fourth-order valence-corrected chi connectivity index (χ4v) is 2.11. The second-order valence-electron chi connectivity index (χ2n) is 4.43. The lowest BCUT2D eigenvalue weighted by atomic mass is 10.1. The van der Waals surface area contributed by atoms with Crippen LogP contribution in [0.15, 0.2) is 30.3 Å². The topological polar surface area (TPSA) is 57.6 Å². The van der Waals surface area contributed by atoms with Crippen LogP contribution in [0.2, 0.25) is 5.02 Å². The number of rotatable bonds is 6. The highest BCUT2D eigenvalue weighted by molar-refractivity contribution is 6.32. The summed E-state index contributed by atoms with van der Waals surface area (Å²) in [6, 6.07) is 6.86. The number of halogens is 1.